The Kier molecular flexibility index (Phi) is 5.74. The van der Waals surface area contributed by atoms with Gasteiger partial charge in [0.1, 0.15) is 11.5 Å². The van der Waals surface area contributed by atoms with Crippen LogP contribution in [0.2, 0.25) is 0 Å². The Morgan fingerprint density at radius 3 is 2.86 bits per heavy atom. The number of rotatable bonds is 6. The third-order valence-electron chi connectivity index (χ3n) is 6.67. The van der Waals surface area contributed by atoms with Gasteiger partial charge in [-0.25, -0.2) is 9.67 Å². The van der Waals surface area contributed by atoms with E-state index in [1.54, 1.807) is 0 Å². The average Bonchev–Trinajstić information content (AvgIpc) is 3.60. The zero-order valence-electron chi connectivity index (χ0n) is 19.4. The van der Waals surface area contributed by atoms with Crippen molar-refractivity contribution >= 4 is 34.8 Å². The fraction of sp³-hybridized carbons (Fsp3) is 0.296. The molecule has 0 spiro atoms. The molecule has 2 bridgehead atoms. The molecular formula is C27H26N4O3S. The van der Waals surface area contributed by atoms with E-state index in [0.717, 1.165) is 33.9 Å². The van der Waals surface area contributed by atoms with Gasteiger partial charge in [-0.3, -0.25) is 4.79 Å². The van der Waals surface area contributed by atoms with Crippen LogP contribution in [-0.4, -0.2) is 30.0 Å². The lowest BCUT2D eigenvalue weighted by molar-refractivity contribution is -0.118. The van der Waals surface area contributed by atoms with Crippen molar-refractivity contribution in [2.45, 2.75) is 19.8 Å². The molecular weight excluding hydrogens is 460 g/mol. The first-order chi connectivity index (χ1) is 17.2. The molecule has 2 aliphatic carbocycles. The normalized spacial score (nSPS) is 22.9. The highest BCUT2D eigenvalue weighted by Crippen LogP contribution is 2.42. The molecule has 1 N–H and O–H groups in total. The molecule has 1 aliphatic heterocycles. The lowest BCUT2D eigenvalue weighted by Gasteiger charge is -2.18. The molecule has 7 nitrogen and oxygen atoms in total. The molecule has 2 aromatic carbocycles. The average molecular weight is 487 g/mol. The number of carbonyl (C=O) groups excluding carboxylic acids is 1. The van der Waals surface area contributed by atoms with Crippen molar-refractivity contribution in [3.63, 3.8) is 0 Å². The van der Waals surface area contributed by atoms with Crippen LogP contribution < -0.4 is 19.6 Å². The third kappa shape index (κ3) is 4.41. The molecule has 1 aromatic heterocycles. The standard InChI is InChI=1S/C27H26N4O3S/c1-2-33-22-8-6-21(7-9-22)29-27-31(28-14-20-12-17-3-4-18(20)11-17)24(16-35-27)19-5-10-25-23(13-19)30-26(32)15-34-25/h3-10,13-14,16-18,20H,2,11-12,15H2,1H3,(H,30,32). The number of nitrogens with zero attached hydrogens (tertiary/aromatic N) is 3. The minimum absolute atomic E-state index is 0.0399. The predicted octanol–water partition coefficient (Wildman–Crippen LogP) is 5.22. The van der Waals surface area contributed by atoms with Gasteiger partial charge in [-0.05, 0) is 74.1 Å². The number of allylic oxidation sites excluding steroid dienone is 2. The van der Waals surface area contributed by atoms with Crippen LogP contribution in [0.5, 0.6) is 11.5 Å². The number of carbonyl (C=O) groups is 1. The van der Waals surface area contributed by atoms with E-state index in [0.29, 0.717) is 35.8 Å². The Morgan fingerprint density at radius 1 is 1.20 bits per heavy atom. The van der Waals surface area contributed by atoms with E-state index < -0.39 is 0 Å². The summed E-state index contributed by atoms with van der Waals surface area (Å²) < 4.78 is 13.0. The van der Waals surface area contributed by atoms with Crippen LogP contribution in [0.3, 0.4) is 0 Å². The van der Waals surface area contributed by atoms with E-state index in [4.69, 9.17) is 19.6 Å². The molecule has 2 heterocycles. The van der Waals surface area contributed by atoms with Crippen molar-refractivity contribution < 1.29 is 14.3 Å². The summed E-state index contributed by atoms with van der Waals surface area (Å²) in [6, 6.07) is 13.6. The van der Waals surface area contributed by atoms with Crippen molar-refractivity contribution in [2.24, 2.45) is 27.8 Å². The molecule has 178 valence electrons. The SMILES string of the molecule is CCOc1ccc(N=c2scc(-c3ccc4c(c3)NC(=O)CO4)n2N=CC2CC3C=CC2C3)cc1. The van der Waals surface area contributed by atoms with Crippen LogP contribution >= 0.6 is 11.3 Å². The number of thiazole rings is 1. The Hall–Kier alpha value is -3.65. The van der Waals surface area contributed by atoms with E-state index in [1.165, 1.54) is 17.8 Å². The minimum atomic E-state index is -0.151. The second-order valence-corrected chi connectivity index (χ2v) is 9.85. The third-order valence-corrected chi connectivity index (χ3v) is 7.49. The second kappa shape index (κ2) is 9.19. The zero-order chi connectivity index (χ0) is 23.8. The largest absolute Gasteiger partial charge is 0.494 e. The van der Waals surface area contributed by atoms with Gasteiger partial charge in [0.25, 0.3) is 5.91 Å². The van der Waals surface area contributed by atoms with Gasteiger partial charge in [-0.15, -0.1) is 11.3 Å². The molecule has 0 radical (unpaired) electrons. The summed E-state index contributed by atoms with van der Waals surface area (Å²) >= 11 is 1.53. The second-order valence-electron chi connectivity index (χ2n) is 9.01. The highest BCUT2D eigenvalue weighted by atomic mass is 32.1. The van der Waals surface area contributed by atoms with E-state index >= 15 is 0 Å². The summed E-state index contributed by atoms with van der Waals surface area (Å²) in [5, 5.41) is 9.89. The van der Waals surface area contributed by atoms with Crippen LogP contribution in [0.1, 0.15) is 19.8 Å². The van der Waals surface area contributed by atoms with E-state index in [9.17, 15) is 4.79 Å². The number of anilines is 1. The number of fused-ring (bicyclic) bond motifs is 3. The maximum Gasteiger partial charge on any atom is 0.262 e. The Labute approximate surface area is 207 Å². The van der Waals surface area contributed by atoms with Gasteiger partial charge >= 0.3 is 0 Å². The molecule has 6 rings (SSSR count). The Morgan fingerprint density at radius 2 is 2.09 bits per heavy atom. The zero-order valence-corrected chi connectivity index (χ0v) is 20.2. The minimum Gasteiger partial charge on any atom is -0.494 e. The van der Waals surface area contributed by atoms with Gasteiger partial charge in [0.05, 0.1) is 23.7 Å². The topological polar surface area (TPSA) is 77.2 Å². The van der Waals surface area contributed by atoms with Crippen molar-refractivity contribution in [2.75, 3.05) is 18.5 Å². The van der Waals surface area contributed by atoms with E-state index in [2.05, 4.69) is 29.1 Å². The highest BCUT2D eigenvalue weighted by molar-refractivity contribution is 7.07. The molecule has 35 heavy (non-hydrogen) atoms. The summed E-state index contributed by atoms with van der Waals surface area (Å²) in [5.74, 6) is 3.05. The maximum atomic E-state index is 11.8. The first-order valence-electron chi connectivity index (χ1n) is 11.9. The molecule has 3 unspecified atom stereocenters. The summed E-state index contributed by atoms with van der Waals surface area (Å²) in [5.41, 5.74) is 3.35. The lowest BCUT2D eigenvalue weighted by Crippen LogP contribution is -2.25. The summed E-state index contributed by atoms with van der Waals surface area (Å²) in [7, 11) is 0. The van der Waals surface area contributed by atoms with Crippen LogP contribution in [0, 0.1) is 17.8 Å². The fourth-order valence-corrected chi connectivity index (χ4v) is 5.83. The fourth-order valence-electron chi connectivity index (χ4n) is 4.97. The molecule has 1 fully saturated rings. The van der Waals surface area contributed by atoms with Crippen molar-refractivity contribution in [3.05, 3.63) is 64.8 Å². The van der Waals surface area contributed by atoms with Crippen LogP contribution in [0.15, 0.2) is 70.1 Å². The number of benzene rings is 2. The van der Waals surface area contributed by atoms with Crippen molar-refractivity contribution in [1.29, 1.82) is 0 Å². The monoisotopic (exact) mass is 486 g/mol. The quantitative estimate of drug-likeness (QED) is 0.383. The van der Waals surface area contributed by atoms with Gasteiger partial charge in [-0.1, -0.05) is 12.2 Å². The molecule has 3 aliphatic rings. The first kappa shape index (κ1) is 21.9. The van der Waals surface area contributed by atoms with E-state index in [-0.39, 0.29) is 12.5 Å². The molecule has 3 aromatic rings. The number of aromatic nitrogens is 1. The summed E-state index contributed by atoms with van der Waals surface area (Å²) in [6.45, 7) is 2.64. The lowest BCUT2D eigenvalue weighted by atomic mass is 9.95. The highest BCUT2D eigenvalue weighted by Gasteiger charge is 2.34. The molecule has 1 saturated carbocycles. The Bertz CT molecular complexity index is 1390. The van der Waals surface area contributed by atoms with Gasteiger partial charge < -0.3 is 14.8 Å². The maximum absolute atomic E-state index is 11.8. The number of hydrogen-bond acceptors (Lipinski definition) is 6. The Balaban J connectivity index is 1.39. The molecule has 8 heteroatoms. The van der Waals surface area contributed by atoms with Crippen molar-refractivity contribution in [1.82, 2.24) is 4.68 Å². The summed E-state index contributed by atoms with van der Waals surface area (Å²) in [4.78, 5) is 17.5. The predicted molar refractivity (Wildman–Crippen MR) is 137 cm³/mol. The summed E-state index contributed by atoms with van der Waals surface area (Å²) in [6.07, 6.45) is 9.14. The van der Waals surface area contributed by atoms with Gasteiger partial charge in [-0.2, -0.15) is 5.10 Å². The van der Waals surface area contributed by atoms with Crippen LogP contribution in [0.4, 0.5) is 11.4 Å². The number of nitrogens with one attached hydrogen (secondary N) is 1. The molecule has 0 saturated heterocycles. The van der Waals surface area contributed by atoms with Gasteiger partial charge in [0.15, 0.2) is 6.61 Å². The van der Waals surface area contributed by atoms with E-state index in [1.807, 2.05) is 54.1 Å². The van der Waals surface area contributed by atoms with Gasteiger partial charge in [0.2, 0.25) is 4.80 Å². The number of hydrogen-bond donors (Lipinski definition) is 1. The number of amides is 1. The molecule has 1 amide bonds. The first-order valence-corrected chi connectivity index (χ1v) is 12.8. The smallest absolute Gasteiger partial charge is 0.262 e. The van der Waals surface area contributed by atoms with Crippen molar-refractivity contribution in [3.8, 4) is 22.8 Å². The number of ether oxygens (including phenoxy) is 2. The van der Waals surface area contributed by atoms with Crippen LogP contribution in [-0.2, 0) is 4.79 Å². The molecule has 3 atom stereocenters. The van der Waals surface area contributed by atoms with Crippen LogP contribution in [0.25, 0.3) is 11.3 Å². The van der Waals surface area contributed by atoms with Gasteiger partial charge in [0, 0.05) is 23.1 Å².